The van der Waals surface area contributed by atoms with Gasteiger partial charge in [-0.2, -0.15) is 10.1 Å². The molecule has 2 atom stereocenters. The zero-order valence-corrected chi connectivity index (χ0v) is 15.1. The predicted molar refractivity (Wildman–Crippen MR) is 96.3 cm³/mol. The highest BCUT2D eigenvalue weighted by Gasteiger charge is 2.40. The van der Waals surface area contributed by atoms with Crippen molar-refractivity contribution >= 4 is 5.91 Å². The van der Waals surface area contributed by atoms with E-state index >= 15 is 0 Å². The van der Waals surface area contributed by atoms with Gasteiger partial charge in [0.1, 0.15) is 5.69 Å². The lowest BCUT2D eigenvalue weighted by Gasteiger charge is -2.16. The molecule has 1 saturated heterocycles. The fraction of sp³-hybridized carbons (Fsp3) is 0.316. The van der Waals surface area contributed by atoms with Gasteiger partial charge >= 0.3 is 0 Å². The molecular formula is C19H19N5O3. The molecule has 1 aliphatic heterocycles. The first-order valence-electron chi connectivity index (χ1n) is 8.71. The van der Waals surface area contributed by atoms with Crippen LogP contribution in [-0.4, -0.2) is 43.8 Å². The molecule has 3 heterocycles. The molecule has 1 amide bonds. The summed E-state index contributed by atoms with van der Waals surface area (Å²) in [6.07, 6.45) is 0. The summed E-state index contributed by atoms with van der Waals surface area (Å²) in [6.45, 7) is 2.74. The number of benzene rings is 1. The Hall–Kier alpha value is -3.29. The summed E-state index contributed by atoms with van der Waals surface area (Å²) in [7, 11) is 1.53. The van der Waals surface area contributed by atoms with Crippen LogP contribution in [0, 0.1) is 6.92 Å². The van der Waals surface area contributed by atoms with Gasteiger partial charge in [0.05, 0.1) is 5.92 Å². The molecule has 0 unspecified atom stereocenters. The maximum Gasteiger partial charge on any atom is 0.274 e. The van der Waals surface area contributed by atoms with E-state index in [1.165, 1.54) is 19.2 Å². The van der Waals surface area contributed by atoms with E-state index in [4.69, 9.17) is 4.52 Å². The summed E-state index contributed by atoms with van der Waals surface area (Å²) in [4.78, 5) is 30.6. The Labute approximate surface area is 155 Å². The van der Waals surface area contributed by atoms with Crippen molar-refractivity contribution in [1.82, 2.24) is 24.8 Å². The highest BCUT2D eigenvalue weighted by molar-refractivity contribution is 5.92. The van der Waals surface area contributed by atoms with Gasteiger partial charge in [0.2, 0.25) is 5.89 Å². The Morgan fingerprint density at radius 2 is 1.85 bits per heavy atom. The molecule has 0 N–H and O–H groups in total. The number of aromatic nitrogens is 4. The molecule has 4 rings (SSSR count). The molecule has 27 heavy (non-hydrogen) atoms. The molecule has 3 aromatic rings. The van der Waals surface area contributed by atoms with Crippen molar-refractivity contribution in [3.05, 3.63) is 75.8 Å². The summed E-state index contributed by atoms with van der Waals surface area (Å²) in [5.74, 6) is 0.837. The maximum atomic E-state index is 13.0. The maximum absolute atomic E-state index is 13.0. The second kappa shape index (κ2) is 6.79. The monoisotopic (exact) mass is 365 g/mol. The number of nitrogens with zero attached hydrogens (tertiary/aromatic N) is 5. The van der Waals surface area contributed by atoms with Gasteiger partial charge in [-0.15, -0.1) is 0 Å². The largest absolute Gasteiger partial charge is 0.339 e. The van der Waals surface area contributed by atoms with Crippen LogP contribution < -0.4 is 5.56 Å². The van der Waals surface area contributed by atoms with Crippen molar-refractivity contribution in [2.24, 2.45) is 7.05 Å². The van der Waals surface area contributed by atoms with E-state index in [9.17, 15) is 9.59 Å². The molecule has 0 radical (unpaired) electrons. The van der Waals surface area contributed by atoms with E-state index in [1.54, 1.807) is 11.8 Å². The quantitative estimate of drug-likeness (QED) is 0.698. The second-order valence-corrected chi connectivity index (χ2v) is 6.69. The Morgan fingerprint density at radius 1 is 1.11 bits per heavy atom. The molecular weight excluding hydrogens is 346 g/mol. The predicted octanol–water partition coefficient (Wildman–Crippen LogP) is 1.50. The minimum Gasteiger partial charge on any atom is -0.339 e. The molecule has 1 aromatic carbocycles. The Balaban J connectivity index is 1.66. The minimum absolute atomic E-state index is 0.0440. The van der Waals surface area contributed by atoms with Crippen LogP contribution >= 0.6 is 0 Å². The van der Waals surface area contributed by atoms with Crippen molar-refractivity contribution in [2.45, 2.75) is 18.8 Å². The number of hydrogen-bond donors (Lipinski definition) is 0. The average molecular weight is 365 g/mol. The third-order valence-corrected chi connectivity index (χ3v) is 4.87. The molecule has 0 saturated carbocycles. The molecule has 0 bridgehead atoms. The number of aryl methyl sites for hydroxylation is 2. The fourth-order valence-corrected chi connectivity index (χ4v) is 3.50. The van der Waals surface area contributed by atoms with Gasteiger partial charge < -0.3 is 9.42 Å². The highest BCUT2D eigenvalue weighted by Crippen LogP contribution is 2.39. The number of carbonyl (C=O) groups is 1. The Bertz CT molecular complexity index is 1030. The fourth-order valence-electron chi connectivity index (χ4n) is 3.50. The average Bonchev–Trinajstić information content (AvgIpc) is 3.30. The number of hydrogen-bond acceptors (Lipinski definition) is 6. The van der Waals surface area contributed by atoms with Crippen molar-refractivity contribution < 1.29 is 9.32 Å². The van der Waals surface area contributed by atoms with E-state index in [0.29, 0.717) is 24.8 Å². The number of amides is 1. The van der Waals surface area contributed by atoms with Gasteiger partial charge in [0.15, 0.2) is 5.82 Å². The summed E-state index contributed by atoms with van der Waals surface area (Å²) >= 11 is 0. The van der Waals surface area contributed by atoms with E-state index in [2.05, 4.69) is 15.2 Å². The lowest BCUT2D eigenvalue weighted by atomic mass is 9.89. The third-order valence-electron chi connectivity index (χ3n) is 4.87. The lowest BCUT2D eigenvalue weighted by Crippen LogP contribution is -2.32. The van der Waals surface area contributed by atoms with E-state index in [0.717, 1.165) is 10.2 Å². The van der Waals surface area contributed by atoms with Crippen LogP contribution in [0.4, 0.5) is 0 Å². The van der Waals surface area contributed by atoms with Gasteiger partial charge in [-0.05, 0) is 18.6 Å². The summed E-state index contributed by atoms with van der Waals surface area (Å²) in [5.41, 5.74) is 1.10. The van der Waals surface area contributed by atoms with Crippen LogP contribution in [0.3, 0.4) is 0 Å². The first kappa shape index (κ1) is 17.1. The first-order valence-corrected chi connectivity index (χ1v) is 8.71. The van der Waals surface area contributed by atoms with Crippen molar-refractivity contribution in [1.29, 1.82) is 0 Å². The minimum atomic E-state index is -0.255. The molecule has 1 aliphatic rings. The van der Waals surface area contributed by atoms with Crippen molar-refractivity contribution in [3.8, 4) is 0 Å². The van der Waals surface area contributed by atoms with Crippen LogP contribution in [-0.2, 0) is 7.05 Å². The van der Waals surface area contributed by atoms with Crippen LogP contribution in [0.25, 0.3) is 0 Å². The third kappa shape index (κ3) is 3.25. The van der Waals surface area contributed by atoms with Crippen molar-refractivity contribution in [3.63, 3.8) is 0 Å². The van der Waals surface area contributed by atoms with E-state index < -0.39 is 0 Å². The van der Waals surface area contributed by atoms with Crippen LogP contribution in [0.5, 0.6) is 0 Å². The van der Waals surface area contributed by atoms with Gasteiger partial charge in [0.25, 0.3) is 11.5 Å². The summed E-state index contributed by atoms with van der Waals surface area (Å²) < 4.78 is 6.57. The first-order chi connectivity index (χ1) is 13.0. The zero-order valence-electron chi connectivity index (χ0n) is 15.1. The Morgan fingerprint density at radius 3 is 2.52 bits per heavy atom. The SMILES string of the molecule is Cc1noc([C@H]2CN(C(=O)c3ccc(=O)n(C)n3)C[C@H]2c2ccccc2)n1. The van der Waals surface area contributed by atoms with Crippen LogP contribution in [0.2, 0.25) is 0 Å². The number of rotatable bonds is 3. The summed E-state index contributed by atoms with van der Waals surface area (Å²) in [5, 5.41) is 7.98. The Kier molecular flexibility index (Phi) is 4.31. The number of carbonyl (C=O) groups excluding carboxylic acids is 1. The van der Waals surface area contributed by atoms with Crippen LogP contribution in [0.1, 0.15) is 39.6 Å². The molecule has 1 fully saturated rings. The lowest BCUT2D eigenvalue weighted by molar-refractivity contribution is 0.0779. The highest BCUT2D eigenvalue weighted by atomic mass is 16.5. The second-order valence-electron chi connectivity index (χ2n) is 6.69. The van der Waals surface area contributed by atoms with E-state index in [1.807, 2.05) is 30.3 Å². The van der Waals surface area contributed by atoms with Gasteiger partial charge in [-0.3, -0.25) is 9.59 Å². The molecule has 0 spiro atoms. The normalized spacial score (nSPS) is 19.4. The van der Waals surface area contributed by atoms with Gasteiger partial charge in [0, 0.05) is 32.1 Å². The molecule has 2 aromatic heterocycles. The zero-order chi connectivity index (χ0) is 19.0. The molecule has 8 nitrogen and oxygen atoms in total. The van der Waals surface area contributed by atoms with Gasteiger partial charge in [-0.25, -0.2) is 4.68 Å². The van der Waals surface area contributed by atoms with Crippen LogP contribution in [0.15, 0.2) is 51.8 Å². The standard InChI is InChI=1S/C19H19N5O3/c1-12-20-18(27-22-12)15-11-24(10-14(15)13-6-4-3-5-7-13)19(26)16-8-9-17(25)23(2)21-16/h3-9,14-15H,10-11H2,1-2H3/t14-,15-/m0/s1. The molecule has 138 valence electrons. The molecule has 8 heteroatoms. The van der Waals surface area contributed by atoms with Gasteiger partial charge in [-0.1, -0.05) is 35.5 Å². The topological polar surface area (TPSA) is 94.1 Å². The van der Waals surface area contributed by atoms with E-state index in [-0.39, 0.29) is 29.0 Å². The number of likely N-dealkylation sites (tertiary alicyclic amines) is 1. The smallest absolute Gasteiger partial charge is 0.274 e. The summed E-state index contributed by atoms with van der Waals surface area (Å²) in [6, 6.07) is 12.8. The van der Waals surface area contributed by atoms with Crippen molar-refractivity contribution in [2.75, 3.05) is 13.1 Å². The molecule has 0 aliphatic carbocycles.